The van der Waals surface area contributed by atoms with Crippen LogP contribution in [0.25, 0.3) is 33.2 Å². The van der Waals surface area contributed by atoms with Crippen LogP contribution in [0, 0.1) is 0 Å². The minimum absolute atomic E-state index is 0.103. The van der Waals surface area contributed by atoms with Gasteiger partial charge < -0.3 is 14.5 Å². The second-order valence-electron chi connectivity index (χ2n) is 10.9. The van der Waals surface area contributed by atoms with E-state index < -0.39 is 13.6 Å². The number of hydrogen-bond donors (Lipinski definition) is 0. The Morgan fingerprint density at radius 2 is 1.22 bits per heavy atom. The van der Waals surface area contributed by atoms with Gasteiger partial charge in [0.2, 0.25) is 18.6 Å². The van der Waals surface area contributed by atoms with Crippen LogP contribution in [-0.4, -0.2) is 55.7 Å². The van der Waals surface area contributed by atoms with Crippen molar-refractivity contribution >= 4 is 109 Å². The lowest BCUT2D eigenvalue weighted by Crippen LogP contribution is -2.36. The Labute approximate surface area is 296 Å². The molecule has 8 nitrogen and oxygen atoms in total. The van der Waals surface area contributed by atoms with E-state index in [0.29, 0.717) is 24.1 Å². The molecule has 0 atom stereocenters. The molecule has 0 saturated heterocycles. The van der Waals surface area contributed by atoms with Gasteiger partial charge in [0.1, 0.15) is 0 Å². The zero-order valence-electron chi connectivity index (χ0n) is 25.2. The standard InChI is InChI=1S/C32H29Cl6N6O2/c1-42(2)23-12-10-21-16-22-11-13-24(43(3)4)18-26(22)44(25(21)17-23)14-5-15-46-28(45)20-8-6-19(7-9-20)27-39-29(31(33,34)35)41-30(40-27)32(36,37)38/h6-13,16-18H,5,14-15H2,1-4H3/q+1. The number of ether oxygens (including phenoxy) is 1. The molecular formula is C32H29Cl6N6O2+. The van der Waals surface area contributed by atoms with Gasteiger partial charge >= 0.3 is 5.97 Å². The van der Waals surface area contributed by atoms with Crippen LogP contribution in [0.4, 0.5) is 11.4 Å². The van der Waals surface area contributed by atoms with E-state index >= 15 is 0 Å². The summed E-state index contributed by atoms with van der Waals surface area (Å²) in [5.74, 6) is -0.782. The molecule has 3 aromatic carbocycles. The first-order chi connectivity index (χ1) is 21.6. The first-order valence-corrected chi connectivity index (χ1v) is 16.3. The van der Waals surface area contributed by atoms with Crippen LogP contribution in [0.5, 0.6) is 0 Å². The summed E-state index contributed by atoms with van der Waals surface area (Å²) in [5.41, 5.74) is 5.23. The Balaban J connectivity index is 1.33. The summed E-state index contributed by atoms with van der Waals surface area (Å²) in [6.45, 7) is 0.864. The van der Waals surface area contributed by atoms with Crippen molar-refractivity contribution in [3.63, 3.8) is 0 Å². The second kappa shape index (κ2) is 13.7. The number of carbonyl (C=O) groups excluding carboxylic acids is 1. The molecule has 2 heterocycles. The van der Waals surface area contributed by atoms with Gasteiger partial charge in [0.15, 0.2) is 24.0 Å². The topological polar surface area (TPSA) is 75.3 Å². The molecular weight excluding hydrogens is 713 g/mol. The first kappa shape index (κ1) is 34.5. The van der Waals surface area contributed by atoms with E-state index in [1.165, 1.54) is 0 Å². The zero-order valence-corrected chi connectivity index (χ0v) is 29.8. The van der Waals surface area contributed by atoms with Gasteiger partial charge in [0.05, 0.1) is 12.2 Å². The molecule has 5 aromatic rings. The second-order valence-corrected chi connectivity index (χ2v) is 15.5. The summed E-state index contributed by atoms with van der Waals surface area (Å²) >= 11 is 35.9. The molecule has 0 radical (unpaired) electrons. The summed E-state index contributed by atoms with van der Waals surface area (Å²) in [4.78, 5) is 29.5. The normalized spacial score (nSPS) is 12.0. The van der Waals surface area contributed by atoms with E-state index in [1.54, 1.807) is 24.3 Å². The third-order valence-electron chi connectivity index (χ3n) is 7.23. The highest BCUT2D eigenvalue weighted by Gasteiger charge is 2.34. The number of esters is 1. The van der Waals surface area contributed by atoms with Crippen LogP contribution >= 0.6 is 69.6 Å². The zero-order chi connectivity index (χ0) is 33.4. The van der Waals surface area contributed by atoms with Gasteiger partial charge in [-0.25, -0.2) is 19.7 Å². The fourth-order valence-corrected chi connectivity index (χ4v) is 5.36. The minimum atomic E-state index is -1.98. The number of anilines is 2. The summed E-state index contributed by atoms with van der Waals surface area (Å²) in [6.07, 6.45) is 0.603. The maximum Gasteiger partial charge on any atom is 0.338 e. The molecule has 0 aliphatic carbocycles. The lowest BCUT2D eigenvalue weighted by atomic mass is 10.1. The van der Waals surface area contributed by atoms with Gasteiger partial charge in [-0.2, -0.15) is 4.57 Å². The maximum atomic E-state index is 13.0. The van der Waals surface area contributed by atoms with E-state index in [4.69, 9.17) is 74.3 Å². The van der Waals surface area contributed by atoms with Crippen molar-refractivity contribution in [2.75, 3.05) is 44.6 Å². The number of carbonyl (C=O) groups is 1. The number of aryl methyl sites for hydroxylation is 1. The number of hydrogen-bond acceptors (Lipinski definition) is 7. The Hall–Kier alpha value is -2.85. The summed E-state index contributed by atoms with van der Waals surface area (Å²) in [7, 11) is 8.09. The molecule has 0 amide bonds. The SMILES string of the molecule is CN(C)c1ccc2cc3ccc(N(C)C)cc3[n+](CCCOC(=O)c3ccc(-c4nc(C(Cl)(Cl)Cl)nc(C(Cl)(Cl)Cl)n4)cc3)c2c1. The number of benzene rings is 3. The van der Waals surface area contributed by atoms with E-state index in [1.807, 2.05) is 28.2 Å². The smallest absolute Gasteiger partial charge is 0.338 e. The highest BCUT2D eigenvalue weighted by Crippen LogP contribution is 2.40. The molecule has 14 heteroatoms. The highest BCUT2D eigenvalue weighted by molar-refractivity contribution is 6.67. The molecule has 0 unspecified atom stereocenters. The Kier molecular flexibility index (Phi) is 10.3. The Morgan fingerprint density at radius 3 is 1.67 bits per heavy atom. The van der Waals surface area contributed by atoms with Crippen molar-refractivity contribution in [1.29, 1.82) is 0 Å². The van der Waals surface area contributed by atoms with Gasteiger partial charge in [0, 0.05) is 74.5 Å². The average Bonchev–Trinajstić information content (AvgIpc) is 3.00. The first-order valence-electron chi connectivity index (χ1n) is 14.0. The number of halogens is 6. The van der Waals surface area contributed by atoms with E-state index in [0.717, 1.165) is 33.2 Å². The number of fused-ring (bicyclic) bond motifs is 2. The van der Waals surface area contributed by atoms with E-state index in [-0.39, 0.29) is 24.1 Å². The average molecular weight is 742 g/mol. The van der Waals surface area contributed by atoms with Gasteiger partial charge in [-0.05, 0) is 42.5 Å². The van der Waals surface area contributed by atoms with E-state index in [2.05, 4.69) is 71.8 Å². The molecule has 0 aliphatic heterocycles. The predicted molar refractivity (Wildman–Crippen MR) is 189 cm³/mol. The quantitative estimate of drug-likeness (QED) is 0.0523. The minimum Gasteiger partial charge on any atom is -0.462 e. The molecule has 46 heavy (non-hydrogen) atoms. The van der Waals surface area contributed by atoms with Crippen LogP contribution in [0.15, 0.2) is 66.7 Å². The van der Waals surface area contributed by atoms with Crippen LogP contribution < -0.4 is 14.4 Å². The number of pyridine rings is 1. The fourth-order valence-electron chi connectivity index (χ4n) is 4.86. The lowest BCUT2D eigenvalue weighted by molar-refractivity contribution is -0.645. The van der Waals surface area contributed by atoms with Crippen LogP contribution in [0.2, 0.25) is 0 Å². The Bertz CT molecular complexity index is 1810. The van der Waals surface area contributed by atoms with Crippen LogP contribution in [-0.2, 0) is 18.9 Å². The van der Waals surface area contributed by atoms with E-state index in [9.17, 15) is 4.79 Å². The Morgan fingerprint density at radius 1 is 0.717 bits per heavy atom. The molecule has 0 fully saturated rings. The maximum absolute atomic E-state index is 13.0. The molecule has 0 bridgehead atoms. The summed E-state index contributed by atoms with van der Waals surface area (Å²) in [6, 6.07) is 21.5. The summed E-state index contributed by atoms with van der Waals surface area (Å²) in [5, 5.41) is 2.26. The van der Waals surface area contributed by atoms with Crippen molar-refractivity contribution in [1.82, 2.24) is 15.0 Å². The third kappa shape index (κ3) is 7.81. The number of aromatic nitrogens is 4. The molecule has 0 saturated carbocycles. The van der Waals surface area contributed by atoms with Crippen molar-refractivity contribution in [2.24, 2.45) is 0 Å². The van der Waals surface area contributed by atoms with Crippen molar-refractivity contribution in [3.8, 4) is 11.4 Å². The van der Waals surface area contributed by atoms with Crippen LogP contribution in [0.1, 0.15) is 28.4 Å². The van der Waals surface area contributed by atoms with Crippen molar-refractivity contribution < 1.29 is 14.1 Å². The third-order valence-corrected chi connectivity index (χ3v) is 8.25. The van der Waals surface area contributed by atoms with Gasteiger partial charge in [0.25, 0.3) is 0 Å². The molecule has 0 spiro atoms. The number of rotatable bonds is 8. The molecule has 240 valence electrons. The monoisotopic (exact) mass is 739 g/mol. The lowest BCUT2D eigenvalue weighted by Gasteiger charge is -2.15. The number of nitrogens with zero attached hydrogens (tertiary/aromatic N) is 6. The molecule has 5 rings (SSSR count). The molecule has 2 aromatic heterocycles. The van der Waals surface area contributed by atoms with Gasteiger partial charge in [-0.3, -0.25) is 0 Å². The van der Waals surface area contributed by atoms with Crippen molar-refractivity contribution in [3.05, 3.63) is 83.9 Å². The fraction of sp³-hybridized carbons (Fsp3) is 0.281. The molecule has 0 N–H and O–H groups in total. The highest BCUT2D eigenvalue weighted by atomic mass is 35.6. The summed E-state index contributed by atoms with van der Waals surface area (Å²) < 4.78 is 3.99. The number of alkyl halides is 6. The van der Waals surface area contributed by atoms with Crippen LogP contribution in [0.3, 0.4) is 0 Å². The molecule has 0 aliphatic rings. The van der Waals surface area contributed by atoms with Gasteiger partial charge in [-0.15, -0.1) is 0 Å². The van der Waals surface area contributed by atoms with Gasteiger partial charge in [-0.1, -0.05) is 81.7 Å². The van der Waals surface area contributed by atoms with Crippen molar-refractivity contribution in [2.45, 2.75) is 20.6 Å². The predicted octanol–water partition coefficient (Wildman–Crippen LogP) is 8.17. The largest absolute Gasteiger partial charge is 0.462 e.